The van der Waals surface area contributed by atoms with E-state index < -0.39 is 5.60 Å². The van der Waals surface area contributed by atoms with Crippen molar-refractivity contribution in [2.24, 2.45) is 5.92 Å². The fourth-order valence-corrected chi connectivity index (χ4v) is 4.69. The second-order valence-electron chi connectivity index (χ2n) is 9.54. The van der Waals surface area contributed by atoms with Gasteiger partial charge in [-0.3, -0.25) is 4.72 Å². The number of ether oxygens (including phenoxy) is 1. The minimum atomic E-state index is -0.481. The van der Waals surface area contributed by atoms with Crippen molar-refractivity contribution >= 4 is 17.2 Å². The van der Waals surface area contributed by atoms with Crippen LogP contribution in [0, 0.1) is 5.92 Å². The van der Waals surface area contributed by atoms with E-state index in [1.807, 2.05) is 47.7 Å². The molecule has 0 aliphatic heterocycles. The molecule has 5 heteroatoms. The van der Waals surface area contributed by atoms with Crippen LogP contribution in [0.5, 0.6) is 0 Å². The first kappa shape index (κ1) is 33.2. The molecule has 4 nitrogen and oxygen atoms in total. The Morgan fingerprint density at radius 1 is 0.914 bits per heavy atom. The van der Waals surface area contributed by atoms with E-state index in [4.69, 9.17) is 4.74 Å². The van der Waals surface area contributed by atoms with E-state index in [2.05, 4.69) is 71.6 Å². The van der Waals surface area contributed by atoms with Crippen LogP contribution < -0.4 is 10.0 Å². The first-order chi connectivity index (χ1) is 16.3. The highest BCUT2D eigenvalue weighted by Gasteiger charge is 2.23. The number of rotatable bonds is 12. The van der Waals surface area contributed by atoms with Crippen LogP contribution in [0.3, 0.4) is 0 Å². The van der Waals surface area contributed by atoms with Gasteiger partial charge in [0.15, 0.2) is 0 Å². The Kier molecular flexibility index (Phi) is 17.5. The van der Waals surface area contributed by atoms with Crippen LogP contribution in [0.2, 0.25) is 0 Å². The molecule has 0 radical (unpaired) electrons. The summed E-state index contributed by atoms with van der Waals surface area (Å²) in [6.07, 6.45) is 5.15. The number of benzene rings is 2. The Bertz CT molecular complexity index is 778. The molecule has 2 N–H and O–H groups in total. The minimum Gasteiger partial charge on any atom is -0.451 e. The van der Waals surface area contributed by atoms with E-state index in [-0.39, 0.29) is 18.8 Å². The smallest absolute Gasteiger partial charge is 0.383 e. The molecule has 2 aromatic carbocycles. The molecule has 198 valence electrons. The Balaban J connectivity index is 0.00000375. The summed E-state index contributed by atoms with van der Waals surface area (Å²) in [6, 6.07) is 21.8. The van der Waals surface area contributed by atoms with Crippen molar-refractivity contribution in [3.05, 3.63) is 71.8 Å². The first-order valence-corrected chi connectivity index (χ1v) is 13.5. The van der Waals surface area contributed by atoms with E-state index in [0.717, 1.165) is 44.1 Å². The molecule has 0 amide bonds. The number of carbonyl (C=O) groups excluding carboxylic acids is 1. The van der Waals surface area contributed by atoms with Crippen molar-refractivity contribution in [3.63, 3.8) is 0 Å². The summed E-state index contributed by atoms with van der Waals surface area (Å²) in [5, 5.41) is 3.23. The van der Waals surface area contributed by atoms with Gasteiger partial charge in [-0.05, 0) is 77.0 Å². The van der Waals surface area contributed by atoms with Crippen LogP contribution in [-0.4, -0.2) is 30.0 Å². The summed E-state index contributed by atoms with van der Waals surface area (Å²) in [5.41, 5.74) is 2.22. The molecule has 3 unspecified atom stereocenters. The minimum absolute atomic E-state index is 0. The van der Waals surface area contributed by atoms with Gasteiger partial charge in [0, 0.05) is 24.0 Å². The zero-order valence-electron chi connectivity index (χ0n) is 22.3. The molecule has 2 rings (SSSR count). The van der Waals surface area contributed by atoms with Gasteiger partial charge in [-0.1, -0.05) is 88.9 Å². The number of hydrogen-bond acceptors (Lipinski definition) is 5. The Morgan fingerprint density at radius 3 is 1.86 bits per heavy atom. The molecule has 0 aliphatic carbocycles. The summed E-state index contributed by atoms with van der Waals surface area (Å²) in [7, 11) is 2.05. The van der Waals surface area contributed by atoms with Crippen LogP contribution in [-0.2, 0) is 17.6 Å². The second-order valence-corrected chi connectivity index (χ2v) is 10.3. The van der Waals surface area contributed by atoms with Gasteiger partial charge in [-0.2, -0.15) is 0 Å². The predicted octanol–water partition coefficient (Wildman–Crippen LogP) is 8.07. The largest absolute Gasteiger partial charge is 0.451 e. The molecule has 0 saturated heterocycles. The lowest BCUT2D eigenvalue weighted by atomic mass is 9.89. The summed E-state index contributed by atoms with van der Waals surface area (Å²) >= 11 is 1.09. The molecule has 0 heterocycles. The zero-order chi connectivity index (χ0) is 25.4. The maximum atomic E-state index is 12.3. The molecule has 0 aromatic heterocycles. The first-order valence-electron chi connectivity index (χ1n) is 12.7. The van der Waals surface area contributed by atoms with Gasteiger partial charge < -0.3 is 10.1 Å². The molecular weight excluding hydrogens is 452 g/mol. The number of nitrogens with one attached hydrogen (secondary N) is 2. The van der Waals surface area contributed by atoms with Gasteiger partial charge in [0.25, 0.3) is 0 Å². The van der Waals surface area contributed by atoms with Gasteiger partial charge in [0.2, 0.25) is 0 Å². The predicted molar refractivity (Wildman–Crippen MR) is 155 cm³/mol. The van der Waals surface area contributed by atoms with Crippen molar-refractivity contribution < 1.29 is 9.53 Å². The highest BCUT2D eigenvalue weighted by molar-refractivity contribution is 8.11. The number of hydrogen-bond donors (Lipinski definition) is 2. The zero-order valence-corrected chi connectivity index (χ0v) is 23.1. The maximum Gasteiger partial charge on any atom is 0.383 e. The summed E-state index contributed by atoms with van der Waals surface area (Å²) < 4.78 is 8.90. The van der Waals surface area contributed by atoms with Crippen LogP contribution >= 0.6 is 11.9 Å². The van der Waals surface area contributed by atoms with Crippen LogP contribution in [0.4, 0.5) is 4.79 Å². The lowest BCUT2D eigenvalue weighted by Gasteiger charge is -2.28. The molecule has 0 fully saturated rings. The van der Waals surface area contributed by atoms with Crippen molar-refractivity contribution in [2.45, 2.75) is 98.8 Å². The highest BCUT2D eigenvalue weighted by Crippen LogP contribution is 2.22. The third-order valence-electron chi connectivity index (χ3n) is 5.65. The molecule has 35 heavy (non-hydrogen) atoms. The molecule has 0 aliphatic rings. The van der Waals surface area contributed by atoms with Crippen LogP contribution in [0.1, 0.15) is 79.4 Å². The Labute approximate surface area is 220 Å². The molecule has 0 saturated carbocycles. The average molecular weight is 503 g/mol. The monoisotopic (exact) mass is 502 g/mol. The Hall–Kier alpha value is -1.82. The lowest BCUT2D eigenvalue weighted by Crippen LogP contribution is -2.37. The SMILES string of the molecule is C.CC.CNC(CCc1ccccc1)CC(C)C(CCc1ccccc1)NSC(=O)OC(C)(C)C. The fraction of sp³-hybridized carbons (Fsp3) is 0.567. The molecule has 0 spiro atoms. The van der Waals surface area contributed by atoms with Crippen LogP contribution in [0.15, 0.2) is 60.7 Å². The lowest BCUT2D eigenvalue weighted by molar-refractivity contribution is 0.0735. The normalized spacial score (nSPS) is 13.5. The van der Waals surface area contributed by atoms with Crippen molar-refractivity contribution in [1.82, 2.24) is 10.0 Å². The average Bonchev–Trinajstić information content (AvgIpc) is 2.83. The van der Waals surface area contributed by atoms with Gasteiger partial charge in [-0.25, -0.2) is 4.79 Å². The summed E-state index contributed by atoms with van der Waals surface area (Å²) in [5.74, 6) is 0.405. The van der Waals surface area contributed by atoms with Gasteiger partial charge in [0.05, 0.1) is 0 Å². The fourth-order valence-electron chi connectivity index (χ4n) is 3.80. The highest BCUT2D eigenvalue weighted by atomic mass is 32.2. The van der Waals surface area contributed by atoms with Gasteiger partial charge in [-0.15, -0.1) is 0 Å². The topological polar surface area (TPSA) is 50.4 Å². The van der Waals surface area contributed by atoms with E-state index >= 15 is 0 Å². The molecule has 0 bridgehead atoms. The van der Waals surface area contributed by atoms with Crippen molar-refractivity contribution in [1.29, 1.82) is 0 Å². The number of carbonyl (C=O) groups is 1. The number of aryl methyl sites for hydroxylation is 2. The standard InChI is InChI=1S/C27H40N2O2S.C2H6.CH4/c1-21(20-24(28-5)18-16-22-12-8-6-9-13-22)25(19-17-23-14-10-7-11-15-23)29-32-26(30)31-27(2,3)4;1-2;/h6-15,21,24-25,28-29H,16-20H2,1-5H3;1-2H3;1H4. The van der Waals surface area contributed by atoms with E-state index in [1.165, 1.54) is 11.1 Å². The van der Waals surface area contributed by atoms with Crippen molar-refractivity contribution in [2.75, 3.05) is 7.05 Å². The Morgan fingerprint density at radius 2 is 1.40 bits per heavy atom. The third kappa shape index (κ3) is 15.0. The molecule has 3 atom stereocenters. The van der Waals surface area contributed by atoms with E-state index in [0.29, 0.717) is 12.0 Å². The third-order valence-corrected chi connectivity index (χ3v) is 6.32. The molecule has 2 aromatic rings. The summed E-state index contributed by atoms with van der Waals surface area (Å²) in [6.45, 7) is 12.0. The van der Waals surface area contributed by atoms with Gasteiger partial charge >= 0.3 is 5.30 Å². The summed E-state index contributed by atoms with van der Waals surface area (Å²) in [4.78, 5) is 12.3. The second kappa shape index (κ2) is 18.4. The maximum absolute atomic E-state index is 12.3. The van der Waals surface area contributed by atoms with Crippen molar-refractivity contribution in [3.8, 4) is 0 Å². The van der Waals surface area contributed by atoms with E-state index in [9.17, 15) is 4.79 Å². The van der Waals surface area contributed by atoms with Gasteiger partial charge in [0.1, 0.15) is 5.60 Å². The quantitative estimate of drug-likeness (QED) is 0.227. The van der Waals surface area contributed by atoms with E-state index in [1.54, 1.807) is 0 Å². The molecular formula is C30H50N2O2S. The van der Waals surface area contributed by atoms with Crippen LogP contribution in [0.25, 0.3) is 0 Å².